The van der Waals surface area contributed by atoms with Crippen molar-refractivity contribution in [2.45, 2.75) is 50.2 Å². The van der Waals surface area contributed by atoms with Crippen LogP contribution in [0.25, 0.3) is 0 Å². The number of carbonyl (C=O) groups is 2. The molecular formula is C19H21F3N4O5. The Morgan fingerprint density at radius 1 is 1.19 bits per heavy atom. The molecule has 0 saturated carbocycles. The zero-order valence-corrected chi connectivity index (χ0v) is 16.3. The Morgan fingerprint density at radius 3 is 2.52 bits per heavy atom. The number of anilines is 1. The standard InChI is InChI=1S/C17H20N4O3.C2HF3O2/c22-16(20-11-12-3-1-10-23-12)15-5-4-13-14(24-15)6-9-21(13)17-18-7-2-8-19-17;3-2(4,5)1(6)7/h1-3,7-8,10,13-15H,4-6,9,11H2,(H,20,22);(H,6,7)/t13-,14-,15-;/m1./s1. The second-order valence-electron chi connectivity index (χ2n) is 6.94. The van der Waals surface area contributed by atoms with E-state index < -0.39 is 18.2 Å². The number of nitrogens with zero attached hydrogens (tertiary/aromatic N) is 3. The molecule has 0 aromatic carbocycles. The third-order valence-corrected chi connectivity index (χ3v) is 4.91. The van der Waals surface area contributed by atoms with Crippen LogP contribution < -0.4 is 10.2 Å². The molecule has 1 amide bonds. The number of rotatable bonds is 4. The molecule has 12 heteroatoms. The third kappa shape index (κ3) is 5.94. The maximum absolute atomic E-state index is 12.3. The first-order valence-corrected chi connectivity index (χ1v) is 9.55. The molecule has 3 atom stereocenters. The van der Waals surface area contributed by atoms with Crippen molar-refractivity contribution >= 4 is 17.8 Å². The van der Waals surface area contributed by atoms with E-state index in [0.717, 1.165) is 31.1 Å². The van der Waals surface area contributed by atoms with Crippen molar-refractivity contribution in [3.8, 4) is 0 Å². The fourth-order valence-corrected chi connectivity index (χ4v) is 3.51. The highest BCUT2D eigenvalue weighted by Crippen LogP contribution is 2.33. The van der Waals surface area contributed by atoms with Gasteiger partial charge in [0, 0.05) is 18.9 Å². The van der Waals surface area contributed by atoms with Crippen LogP contribution in [0, 0.1) is 0 Å². The van der Waals surface area contributed by atoms with Crippen molar-refractivity contribution in [2.24, 2.45) is 0 Å². The van der Waals surface area contributed by atoms with E-state index in [0.29, 0.717) is 13.0 Å². The number of hydrogen-bond donors (Lipinski definition) is 2. The first kappa shape index (κ1) is 22.5. The van der Waals surface area contributed by atoms with Gasteiger partial charge in [-0.2, -0.15) is 13.2 Å². The lowest BCUT2D eigenvalue weighted by molar-refractivity contribution is -0.192. The number of carbonyl (C=O) groups excluding carboxylic acids is 1. The van der Waals surface area contributed by atoms with Gasteiger partial charge in [-0.15, -0.1) is 0 Å². The van der Waals surface area contributed by atoms with E-state index in [1.807, 2.05) is 18.2 Å². The Hall–Kier alpha value is -3.15. The zero-order chi connectivity index (χ0) is 22.4. The van der Waals surface area contributed by atoms with Crippen molar-refractivity contribution in [3.05, 3.63) is 42.6 Å². The second-order valence-corrected chi connectivity index (χ2v) is 6.94. The SMILES string of the molecule is O=C(NCc1ccco1)[C@H]1CC[C@@H]2[C@@H](CCN2c2ncccn2)O1.O=C(O)C(F)(F)F. The van der Waals surface area contributed by atoms with E-state index in [2.05, 4.69) is 20.2 Å². The molecule has 0 spiro atoms. The molecule has 2 aliphatic heterocycles. The molecule has 2 aromatic rings. The molecule has 9 nitrogen and oxygen atoms in total. The molecule has 2 fully saturated rings. The Bertz CT molecular complexity index is 863. The van der Waals surface area contributed by atoms with Gasteiger partial charge < -0.3 is 24.5 Å². The molecule has 2 aliphatic rings. The number of carboxylic acids is 1. The first-order valence-electron chi connectivity index (χ1n) is 9.55. The van der Waals surface area contributed by atoms with E-state index in [4.69, 9.17) is 19.1 Å². The van der Waals surface area contributed by atoms with E-state index in [1.165, 1.54) is 0 Å². The van der Waals surface area contributed by atoms with Crippen molar-refractivity contribution in [1.29, 1.82) is 0 Å². The fourth-order valence-electron chi connectivity index (χ4n) is 3.51. The van der Waals surface area contributed by atoms with Crippen LogP contribution in [0.3, 0.4) is 0 Å². The number of amides is 1. The quantitative estimate of drug-likeness (QED) is 0.740. The van der Waals surface area contributed by atoms with Gasteiger partial charge >= 0.3 is 12.1 Å². The topological polar surface area (TPSA) is 118 Å². The summed E-state index contributed by atoms with van der Waals surface area (Å²) in [7, 11) is 0. The summed E-state index contributed by atoms with van der Waals surface area (Å²) in [6.07, 6.45) is 2.19. The van der Waals surface area contributed by atoms with E-state index in [1.54, 1.807) is 18.7 Å². The number of carboxylic acid groups (broad SMARTS) is 1. The van der Waals surface area contributed by atoms with Crippen LogP contribution in [-0.4, -0.2) is 57.9 Å². The van der Waals surface area contributed by atoms with Crippen LogP contribution >= 0.6 is 0 Å². The Morgan fingerprint density at radius 2 is 1.90 bits per heavy atom. The maximum atomic E-state index is 12.3. The molecule has 4 rings (SSSR count). The molecule has 0 radical (unpaired) electrons. The molecular weight excluding hydrogens is 421 g/mol. The van der Waals surface area contributed by atoms with Crippen molar-refractivity contribution in [2.75, 3.05) is 11.4 Å². The molecule has 2 N–H and O–H groups in total. The number of furan rings is 1. The summed E-state index contributed by atoms with van der Waals surface area (Å²) in [5.74, 6) is -1.34. The lowest BCUT2D eigenvalue weighted by Crippen LogP contribution is -2.48. The average molecular weight is 442 g/mol. The lowest BCUT2D eigenvalue weighted by Gasteiger charge is -2.35. The fraction of sp³-hybridized carbons (Fsp3) is 0.474. The summed E-state index contributed by atoms with van der Waals surface area (Å²) in [6.45, 7) is 1.25. The van der Waals surface area contributed by atoms with Crippen molar-refractivity contribution < 1.29 is 37.0 Å². The van der Waals surface area contributed by atoms with Crippen LogP contribution in [-0.2, 0) is 20.9 Å². The second kappa shape index (κ2) is 9.77. The normalized spacial score (nSPS) is 22.8. The molecule has 2 saturated heterocycles. The van der Waals surface area contributed by atoms with E-state index >= 15 is 0 Å². The lowest BCUT2D eigenvalue weighted by atomic mass is 9.98. The largest absolute Gasteiger partial charge is 0.490 e. The molecule has 0 aliphatic carbocycles. The summed E-state index contributed by atoms with van der Waals surface area (Å²) in [5.41, 5.74) is 0. The highest BCUT2D eigenvalue weighted by Gasteiger charge is 2.42. The van der Waals surface area contributed by atoms with Gasteiger partial charge in [0.05, 0.1) is 25.0 Å². The van der Waals surface area contributed by atoms with Gasteiger partial charge in [-0.3, -0.25) is 4.79 Å². The van der Waals surface area contributed by atoms with Gasteiger partial charge in [0.15, 0.2) is 0 Å². The number of aliphatic carboxylic acids is 1. The number of nitrogens with one attached hydrogen (secondary N) is 1. The predicted octanol–water partition coefficient (Wildman–Crippen LogP) is 2.15. The minimum absolute atomic E-state index is 0.0573. The van der Waals surface area contributed by atoms with Gasteiger partial charge in [-0.05, 0) is 37.5 Å². The summed E-state index contributed by atoms with van der Waals surface area (Å²) in [6, 6.07) is 5.71. The third-order valence-electron chi connectivity index (χ3n) is 4.91. The molecule has 4 heterocycles. The van der Waals surface area contributed by atoms with Gasteiger partial charge in [0.1, 0.15) is 11.9 Å². The number of alkyl halides is 3. The molecule has 31 heavy (non-hydrogen) atoms. The maximum Gasteiger partial charge on any atom is 0.490 e. The minimum atomic E-state index is -5.08. The Labute approximate surface area is 175 Å². The molecule has 0 bridgehead atoms. The monoisotopic (exact) mass is 442 g/mol. The predicted molar refractivity (Wildman–Crippen MR) is 99.9 cm³/mol. The first-order chi connectivity index (χ1) is 14.8. The summed E-state index contributed by atoms with van der Waals surface area (Å²) < 4.78 is 43.0. The number of aromatic nitrogens is 2. The number of ether oxygens (including phenoxy) is 1. The van der Waals surface area contributed by atoms with Crippen molar-refractivity contribution in [1.82, 2.24) is 15.3 Å². The van der Waals surface area contributed by atoms with Crippen LogP contribution in [0.1, 0.15) is 25.0 Å². The summed E-state index contributed by atoms with van der Waals surface area (Å²) in [5, 5.41) is 10.0. The average Bonchev–Trinajstić information content (AvgIpc) is 3.41. The van der Waals surface area contributed by atoms with E-state index in [9.17, 15) is 18.0 Å². The highest BCUT2D eigenvalue weighted by atomic mass is 19.4. The van der Waals surface area contributed by atoms with Crippen LogP contribution in [0.2, 0.25) is 0 Å². The zero-order valence-electron chi connectivity index (χ0n) is 16.3. The summed E-state index contributed by atoms with van der Waals surface area (Å²) >= 11 is 0. The number of hydrogen-bond acceptors (Lipinski definition) is 7. The molecule has 0 unspecified atom stereocenters. The van der Waals surface area contributed by atoms with Crippen LogP contribution in [0.15, 0.2) is 41.3 Å². The van der Waals surface area contributed by atoms with Gasteiger partial charge in [-0.25, -0.2) is 14.8 Å². The van der Waals surface area contributed by atoms with Gasteiger partial charge in [-0.1, -0.05) is 0 Å². The van der Waals surface area contributed by atoms with Crippen LogP contribution in [0.5, 0.6) is 0 Å². The van der Waals surface area contributed by atoms with Gasteiger partial charge in [0.25, 0.3) is 0 Å². The molecule has 168 valence electrons. The number of halogens is 3. The number of fused-ring (bicyclic) bond motifs is 1. The molecule has 2 aromatic heterocycles. The smallest absolute Gasteiger partial charge is 0.475 e. The Balaban J connectivity index is 0.000000339. The highest BCUT2D eigenvalue weighted by molar-refractivity contribution is 5.80. The Kier molecular flexibility index (Phi) is 7.10. The van der Waals surface area contributed by atoms with Crippen LogP contribution in [0.4, 0.5) is 19.1 Å². The van der Waals surface area contributed by atoms with Crippen molar-refractivity contribution in [3.63, 3.8) is 0 Å². The van der Waals surface area contributed by atoms with E-state index in [-0.39, 0.29) is 18.1 Å². The minimum Gasteiger partial charge on any atom is -0.475 e. The summed E-state index contributed by atoms with van der Waals surface area (Å²) in [4.78, 5) is 32.1. The van der Waals surface area contributed by atoms with Gasteiger partial charge in [0.2, 0.25) is 11.9 Å².